The van der Waals surface area contributed by atoms with Gasteiger partial charge in [0.05, 0.1) is 6.61 Å². The Morgan fingerprint density at radius 1 is 1.23 bits per heavy atom. The molecule has 0 atom stereocenters. The molecule has 0 fully saturated rings. The average molecular weight is 300 g/mol. The highest BCUT2D eigenvalue weighted by atomic mass is 16.5. The Bertz CT molecular complexity index is 658. The Hall–Kier alpha value is -2.47. The summed E-state index contributed by atoms with van der Waals surface area (Å²) >= 11 is 0. The molecule has 1 heterocycles. The van der Waals surface area contributed by atoms with E-state index in [0.717, 1.165) is 16.8 Å². The summed E-state index contributed by atoms with van der Waals surface area (Å²) < 4.78 is 4.96. The van der Waals surface area contributed by atoms with Crippen LogP contribution in [-0.2, 0) is 4.74 Å². The highest BCUT2D eigenvalue weighted by molar-refractivity contribution is 6.03. The summed E-state index contributed by atoms with van der Waals surface area (Å²) in [6.07, 6.45) is 1.37. The van der Waals surface area contributed by atoms with E-state index in [-0.39, 0.29) is 5.91 Å². The number of amides is 1. The van der Waals surface area contributed by atoms with Crippen molar-refractivity contribution in [3.8, 4) is 0 Å². The molecular formula is C16H20N4O2. The minimum absolute atomic E-state index is 0.260. The molecule has 2 rings (SSSR count). The third kappa shape index (κ3) is 4.26. The summed E-state index contributed by atoms with van der Waals surface area (Å²) in [5.74, 6) is 0.335. The number of rotatable bonds is 6. The molecule has 6 heteroatoms. The van der Waals surface area contributed by atoms with Crippen LogP contribution in [0.1, 0.15) is 21.6 Å². The van der Waals surface area contributed by atoms with Crippen molar-refractivity contribution in [3.63, 3.8) is 0 Å². The van der Waals surface area contributed by atoms with Gasteiger partial charge in [0.2, 0.25) is 0 Å². The molecule has 0 radical (unpaired) electrons. The average Bonchev–Trinajstić information content (AvgIpc) is 2.50. The van der Waals surface area contributed by atoms with Crippen LogP contribution in [0.15, 0.2) is 30.6 Å². The zero-order valence-corrected chi connectivity index (χ0v) is 13.0. The minimum Gasteiger partial charge on any atom is -0.383 e. The quantitative estimate of drug-likeness (QED) is 0.801. The van der Waals surface area contributed by atoms with Gasteiger partial charge in [0.1, 0.15) is 17.8 Å². The number of carbonyl (C=O) groups excluding carboxylic acids is 1. The van der Waals surface area contributed by atoms with Gasteiger partial charge < -0.3 is 15.4 Å². The molecular weight excluding hydrogens is 280 g/mol. The number of aryl methyl sites for hydroxylation is 2. The fourth-order valence-electron chi connectivity index (χ4n) is 2.00. The Morgan fingerprint density at radius 3 is 2.77 bits per heavy atom. The van der Waals surface area contributed by atoms with Crippen molar-refractivity contribution in [2.45, 2.75) is 13.8 Å². The van der Waals surface area contributed by atoms with E-state index in [0.29, 0.717) is 24.7 Å². The topological polar surface area (TPSA) is 76.1 Å². The Kier molecular flexibility index (Phi) is 5.43. The van der Waals surface area contributed by atoms with Gasteiger partial charge in [-0.1, -0.05) is 17.7 Å². The SMILES string of the molecule is COCCNc1cc(C(=O)Nc2ccc(C)cc2C)ncn1. The first kappa shape index (κ1) is 15.9. The molecule has 1 amide bonds. The van der Waals surface area contributed by atoms with E-state index in [9.17, 15) is 4.79 Å². The molecule has 0 unspecified atom stereocenters. The smallest absolute Gasteiger partial charge is 0.274 e. The molecule has 116 valence electrons. The molecule has 22 heavy (non-hydrogen) atoms. The van der Waals surface area contributed by atoms with Crippen molar-refractivity contribution >= 4 is 17.4 Å². The summed E-state index contributed by atoms with van der Waals surface area (Å²) in [5, 5.41) is 5.93. The number of hydrogen-bond donors (Lipinski definition) is 2. The lowest BCUT2D eigenvalue weighted by molar-refractivity contribution is 0.102. The Balaban J connectivity index is 2.07. The van der Waals surface area contributed by atoms with Crippen LogP contribution in [0, 0.1) is 13.8 Å². The van der Waals surface area contributed by atoms with Crippen LogP contribution in [0.5, 0.6) is 0 Å². The van der Waals surface area contributed by atoms with E-state index >= 15 is 0 Å². The maximum Gasteiger partial charge on any atom is 0.274 e. The minimum atomic E-state index is -0.260. The molecule has 1 aromatic heterocycles. The number of ether oxygens (including phenoxy) is 1. The van der Waals surface area contributed by atoms with Gasteiger partial charge in [-0.25, -0.2) is 9.97 Å². The lowest BCUT2D eigenvalue weighted by Gasteiger charge is -2.09. The largest absolute Gasteiger partial charge is 0.383 e. The second-order valence-corrected chi connectivity index (χ2v) is 4.98. The third-order valence-electron chi connectivity index (χ3n) is 3.14. The van der Waals surface area contributed by atoms with Gasteiger partial charge in [-0.15, -0.1) is 0 Å². The summed E-state index contributed by atoms with van der Waals surface area (Å²) in [7, 11) is 1.63. The van der Waals surface area contributed by atoms with E-state index in [2.05, 4.69) is 20.6 Å². The third-order valence-corrected chi connectivity index (χ3v) is 3.14. The monoisotopic (exact) mass is 300 g/mol. The van der Waals surface area contributed by atoms with Crippen LogP contribution in [0.4, 0.5) is 11.5 Å². The first-order valence-corrected chi connectivity index (χ1v) is 7.03. The molecule has 0 aliphatic carbocycles. The van der Waals surface area contributed by atoms with E-state index in [1.165, 1.54) is 6.33 Å². The maximum atomic E-state index is 12.3. The van der Waals surface area contributed by atoms with E-state index in [1.54, 1.807) is 13.2 Å². The van der Waals surface area contributed by atoms with Gasteiger partial charge in [0, 0.05) is 25.4 Å². The van der Waals surface area contributed by atoms with Gasteiger partial charge in [0.25, 0.3) is 5.91 Å². The van der Waals surface area contributed by atoms with E-state index in [1.807, 2.05) is 32.0 Å². The fourth-order valence-corrected chi connectivity index (χ4v) is 2.00. The number of aromatic nitrogens is 2. The number of hydrogen-bond acceptors (Lipinski definition) is 5. The Morgan fingerprint density at radius 2 is 2.05 bits per heavy atom. The summed E-state index contributed by atoms with van der Waals surface area (Å²) in [5.41, 5.74) is 3.26. The van der Waals surface area contributed by atoms with E-state index in [4.69, 9.17) is 4.74 Å². The van der Waals surface area contributed by atoms with Gasteiger partial charge in [-0.3, -0.25) is 4.79 Å². The van der Waals surface area contributed by atoms with Crippen molar-refractivity contribution in [3.05, 3.63) is 47.4 Å². The zero-order valence-electron chi connectivity index (χ0n) is 13.0. The molecule has 2 N–H and O–H groups in total. The Labute approximate surface area is 129 Å². The predicted octanol–water partition coefficient (Wildman–Crippen LogP) is 2.40. The standard InChI is InChI=1S/C16H20N4O2/c1-11-4-5-13(12(2)8-11)20-16(21)14-9-15(19-10-18-14)17-6-7-22-3/h4-5,8-10H,6-7H2,1-3H3,(H,20,21)(H,17,18,19). The molecule has 0 aliphatic heterocycles. The zero-order chi connectivity index (χ0) is 15.9. The van der Waals surface area contributed by atoms with Crippen molar-refractivity contribution in [2.24, 2.45) is 0 Å². The van der Waals surface area contributed by atoms with Crippen molar-refractivity contribution in [1.29, 1.82) is 0 Å². The molecule has 1 aromatic carbocycles. The summed E-state index contributed by atoms with van der Waals surface area (Å²) in [6.45, 7) is 5.15. The number of nitrogens with one attached hydrogen (secondary N) is 2. The summed E-state index contributed by atoms with van der Waals surface area (Å²) in [4.78, 5) is 20.4. The normalized spacial score (nSPS) is 10.3. The highest BCUT2D eigenvalue weighted by Crippen LogP contribution is 2.17. The highest BCUT2D eigenvalue weighted by Gasteiger charge is 2.10. The molecule has 0 saturated carbocycles. The lowest BCUT2D eigenvalue weighted by atomic mass is 10.1. The maximum absolute atomic E-state index is 12.3. The van der Waals surface area contributed by atoms with Crippen LogP contribution < -0.4 is 10.6 Å². The molecule has 0 aliphatic rings. The molecule has 2 aromatic rings. The second kappa shape index (κ2) is 7.51. The number of carbonyl (C=O) groups is 1. The van der Waals surface area contributed by atoms with Gasteiger partial charge in [-0.05, 0) is 25.5 Å². The van der Waals surface area contributed by atoms with Crippen LogP contribution >= 0.6 is 0 Å². The molecule has 0 bridgehead atoms. The van der Waals surface area contributed by atoms with Crippen LogP contribution in [0.25, 0.3) is 0 Å². The van der Waals surface area contributed by atoms with Crippen LogP contribution in [0.3, 0.4) is 0 Å². The first-order chi connectivity index (χ1) is 10.6. The number of benzene rings is 1. The van der Waals surface area contributed by atoms with Gasteiger partial charge >= 0.3 is 0 Å². The fraction of sp³-hybridized carbons (Fsp3) is 0.312. The first-order valence-electron chi connectivity index (χ1n) is 7.03. The van der Waals surface area contributed by atoms with Crippen LogP contribution in [-0.4, -0.2) is 36.1 Å². The predicted molar refractivity (Wildman–Crippen MR) is 86.3 cm³/mol. The number of anilines is 2. The van der Waals surface area contributed by atoms with Crippen LogP contribution in [0.2, 0.25) is 0 Å². The van der Waals surface area contributed by atoms with Crippen molar-refractivity contribution in [1.82, 2.24) is 9.97 Å². The number of nitrogens with zero attached hydrogens (tertiary/aromatic N) is 2. The summed E-state index contributed by atoms with van der Waals surface area (Å²) in [6, 6.07) is 7.49. The molecule has 0 saturated heterocycles. The number of methoxy groups -OCH3 is 1. The molecule has 0 spiro atoms. The van der Waals surface area contributed by atoms with Gasteiger partial charge in [-0.2, -0.15) is 0 Å². The second-order valence-electron chi connectivity index (χ2n) is 4.98. The van der Waals surface area contributed by atoms with Gasteiger partial charge in [0.15, 0.2) is 0 Å². The molecule has 6 nitrogen and oxygen atoms in total. The van der Waals surface area contributed by atoms with E-state index < -0.39 is 0 Å². The van der Waals surface area contributed by atoms with Crippen molar-refractivity contribution in [2.75, 3.05) is 30.9 Å². The lowest BCUT2D eigenvalue weighted by Crippen LogP contribution is -2.16. The van der Waals surface area contributed by atoms with Crippen molar-refractivity contribution < 1.29 is 9.53 Å².